The quantitative estimate of drug-likeness (QED) is 0.679. The number of halogens is 3. The van der Waals surface area contributed by atoms with Gasteiger partial charge in [0.25, 0.3) is 0 Å². The van der Waals surface area contributed by atoms with Gasteiger partial charge in [0.2, 0.25) is 5.95 Å². The summed E-state index contributed by atoms with van der Waals surface area (Å²) in [4.78, 5) is 17.5. The molecule has 0 aliphatic carbocycles. The highest BCUT2D eigenvalue weighted by molar-refractivity contribution is 5.74. The lowest BCUT2D eigenvalue weighted by molar-refractivity contribution is -0.385. The Bertz CT molecular complexity index is 716. The second-order valence-corrected chi connectivity index (χ2v) is 4.16. The minimum atomic E-state index is -4.67. The molecule has 6 nitrogen and oxygen atoms in total. The lowest BCUT2D eigenvalue weighted by atomic mass is 10.0. The molecule has 1 aromatic carbocycles. The molecule has 0 aliphatic rings. The molecule has 0 spiro atoms. The van der Waals surface area contributed by atoms with Crippen molar-refractivity contribution in [3.63, 3.8) is 0 Å². The zero-order valence-electron chi connectivity index (χ0n) is 10.7. The molecular weight excluding hydrogens is 289 g/mol. The van der Waals surface area contributed by atoms with Crippen LogP contribution in [0, 0.1) is 17.0 Å². The average Bonchev–Trinajstić information content (AvgIpc) is 2.36. The van der Waals surface area contributed by atoms with E-state index in [1.165, 1.54) is 19.1 Å². The number of anilines is 1. The van der Waals surface area contributed by atoms with Crippen molar-refractivity contribution in [1.82, 2.24) is 9.97 Å². The Kier molecular flexibility index (Phi) is 3.50. The molecule has 21 heavy (non-hydrogen) atoms. The molecule has 0 saturated heterocycles. The predicted octanol–water partition coefficient (Wildman–Crippen LogP) is 2.96. The number of rotatable bonds is 2. The Morgan fingerprint density at radius 3 is 2.43 bits per heavy atom. The van der Waals surface area contributed by atoms with Gasteiger partial charge in [0, 0.05) is 5.56 Å². The third kappa shape index (κ3) is 2.76. The molecule has 0 unspecified atom stereocenters. The minimum absolute atomic E-state index is 0.0977. The van der Waals surface area contributed by atoms with Gasteiger partial charge < -0.3 is 5.73 Å². The van der Waals surface area contributed by atoms with E-state index < -0.39 is 33.6 Å². The fraction of sp³-hybridized carbons (Fsp3) is 0.167. The van der Waals surface area contributed by atoms with Crippen molar-refractivity contribution in [2.24, 2.45) is 0 Å². The molecule has 0 fully saturated rings. The van der Waals surface area contributed by atoms with Crippen LogP contribution < -0.4 is 5.73 Å². The first kappa shape index (κ1) is 14.7. The standard InChI is InChI=1S/C12H9F3N4O2/c1-6-10(19(20)21)9(18-11(16)17-6)7-4-2-3-5-8(7)12(13,14)15/h2-5H,1H3,(H2,16,17,18). The first-order valence-electron chi connectivity index (χ1n) is 5.67. The van der Waals surface area contributed by atoms with Gasteiger partial charge >= 0.3 is 11.9 Å². The molecule has 2 rings (SSSR count). The van der Waals surface area contributed by atoms with Crippen LogP contribution >= 0.6 is 0 Å². The largest absolute Gasteiger partial charge is 0.417 e. The van der Waals surface area contributed by atoms with Crippen LogP contribution in [-0.2, 0) is 6.18 Å². The second kappa shape index (κ2) is 5.00. The summed E-state index contributed by atoms with van der Waals surface area (Å²) in [6.45, 7) is 1.29. The lowest BCUT2D eigenvalue weighted by Gasteiger charge is -2.13. The van der Waals surface area contributed by atoms with Gasteiger partial charge in [-0.3, -0.25) is 10.1 Å². The van der Waals surface area contributed by atoms with Gasteiger partial charge in [-0.25, -0.2) is 9.97 Å². The summed E-state index contributed by atoms with van der Waals surface area (Å²) >= 11 is 0. The summed E-state index contributed by atoms with van der Waals surface area (Å²) in [6.07, 6.45) is -4.67. The number of hydrogen-bond acceptors (Lipinski definition) is 5. The molecular formula is C12H9F3N4O2. The molecule has 0 amide bonds. The van der Waals surface area contributed by atoms with Crippen LogP contribution in [0.3, 0.4) is 0 Å². The number of nitro groups is 1. The minimum Gasteiger partial charge on any atom is -0.368 e. The topological polar surface area (TPSA) is 94.9 Å². The predicted molar refractivity (Wildman–Crippen MR) is 68.3 cm³/mol. The Labute approximate surface area is 116 Å². The van der Waals surface area contributed by atoms with E-state index in [-0.39, 0.29) is 11.6 Å². The molecule has 0 bridgehead atoms. The maximum absolute atomic E-state index is 13.0. The number of aromatic nitrogens is 2. The summed E-state index contributed by atoms with van der Waals surface area (Å²) in [5.41, 5.74) is 2.83. The number of nitrogens with two attached hydrogens (primary N) is 1. The maximum Gasteiger partial charge on any atom is 0.417 e. The van der Waals surface area contributed by atoms with Gasteiger partial charge in [-0.05, 0) is 13.0 Å². The van der Waals surface area contributed by atoms with E-state index in [1.807, 2.05) is 0 Å². The van der Waals surface area contributed by atoms with Gasteiger partial charge in [-0.1, -0.05) is 18.2 Å². The number of nitrogen functional groups attached to an aromatic ring is 1. The van der Waals surface area contributed by atoms with Gasteiger partial charge in [0.15, 0.2) is 5.69 Å². The summed E-state index contributed by atoms with van der Waals surface area (Å²) in [7, 11) is 0. The van der Waals surface area contributed by atoms with Gasteiger partial charge in [-0.2, -0.15) is 13.2 Å². The molecule has 9 heteroatoms. The van der Waals surface area contributed by atoms with E-state index in [2.05, 4.69) is 9.97 Å². The molecule has 1 heterocycles. The van der Waals surface area contributed by atoms with Crippen molar-refractivity contribution in [1.29, 1.82) is 0 Å². The fourth-order valence-corrected chi connectivity index (χ4v) is 1.93. The second-order valence-electron chi connectivity index (χ2n) is 4.16. The molecule has 2 aromatic rings. The van der Waals surface area contributed by atoms with E-state index in [4.69, 9.17) is 5.73 Å². The molecule has 110 valence electrons. The first-order valence-corrected chi connectivity index (χ1v) is 5.67. The van der Waals surface area contributed by atoms with Crippen molar-refractivity contribution in [2.75, 3.05) is 5.73 Å². The Morgan fingerprint density at radius 2 is 1.86 bits per heavy atom. The number of hydrogen-bond donors (Lipinski definition) is 1. The lowest BCUT2D eigenvalue weighted by Crippen LogP contribution is -2.10. The van der Waals surface area contributed by atoms with Crippen LogP contribution in [0.15, 0.2) is 24.3 Å². The van der Waals surface area contributed by atoms with Crippen LogP contribution in [0.5, 0.6) is 0 Å². The normalized spacial score (nSPS) is 11.4. The molecule has 1 aromatic heterocycles. The number of benzene rings is 1. The van der Waals surface area contributed by atoms with Crippen molar-refractivity contribution in [3.8, 4) is 11.3 Å². The number of aryl methyl sites for hydroxylation is 1. The van der Waals surface area contributed by atoms with E-state index in [1.54, 1.807) is 0 Å². The van der Waals surface area contributed by atoms with Gasteiger partial charge in [0.05, 0.1) is 10.5 Å². The van der Waals surface area contributed by atoms with Crippen LogP contribution in [0.25, 0.3) is 11.3 Å². The van der Waals surface area contributed by atoms with Crippen molar-refractivity contribution >= 4 is 11.6 Å². The fourth-order valence-electron chi connectivity index (χ4n) is 1.93. The molecule has 0 saturated carbocycles. The van der Waals surface area contributed by atoms with E-state index in [0.29, 0.717) is 0 Å². The van der Waals surface area contributed by atoms with Crippen LogP contribution in [0.2, 0.25) is 0 Å². The highest BCUT2D eigenvalue weighted by Gasteiger charge is 2.36. The first-order chi connectivity index (χ1) is 9.71. The number of nitrogens with zero attached hydrogens (tertiary/aromatic N) is 3. The summed E-state index contributed by atoms with van der Waals surface area (Å²) < 4.78 is 39.1. The highest BCUT2D eigenvalue weighted by atomic mass is 19.4. The zero-order chi connectivity index (χ0) is 15.8. The van der Waals surface area contributed by atoms with Crippen molar-refractivity contribution in [2.45, 2.75) is 13.1 Å². The maximum atomic E-state index is 13.0. The van der Waals surface area contributed by atoms with E-state index >= 15 is 0 Å². The van der Waals surface area contributed by atoms with Crippen LogP contribution in [0.4, 0.5) is 24.8 Å². The summed E-state index contributed by atoms with van der Waals surface area (Å²) in [5.74, 6) is -0.329. The highest BCUT2D eigenvalue weighted by Crippen LogP contribution is 2.39. The molecule has 0 aliphatic heterocycles. The smallest absolute Gasteiger partial charge is 0.368 e. The van der Waals surface area contributed by atoms with Crippen LogP contribution in [-0.4, -0.2) is 14.9 Å². The summed E-state index contributed by atoms with van der Waals surface area (Å²) in [5, 5.41) is 11.1. The number of alkyl halides is 3. The molecule has 0 atom stereocenters. The Morgan fingerprint density at radius 1 is 1.24 bits per heavy atom. The Balaban J connectivity index is 2.83. The van der Waals surface area contributed by atoms with Crippen molar-refractivity contribution < 1.29 is 18.1 Å². The monoisotopic (exact) mass is 298 g/mol. The molecule has 2 N–H and O–H groups in total. The zero-order valence-corrected chi connectivity index (χ0v) is 10.7. The summed E-state index contributed by atoms with van der Waals surface area (Å²) in [6, 6.07) is 4.46. The van der Waals surface area contributed by atoms with Crippen molar-refractivity contribution in [3.05, 3.63) is 45.6 Å². The van der Waals surface area contributed by atoms with E-state index in [9.17, 15) is 23.3 Å². The van der Waals surface area contributed by atoms with Gasteiger partial charge in [0.1, 0.15) is 5.69 Å². The molecule has 0 radical (unpaired) electrons. The average molecular weight is 298 g/mol. The Hall–Kier alpha value is -2.71. The van der Waals surface area contributed by atoms with E-state index in [0.717, 1.165) is 12.1 Å². The van der Waals surface area contributed by atoms with Gasteiger partial charge in [-0.15, -0.1) is 0 Å². The third-order valence-corrected chi connectivity index (χ3v) is 2.75. The third-order valence-electron chi connectivity index (χ3n) is 2.75. The van der Waals surface area contributed by atoms with Crippen LogP contribution in [0.1, 0.15) is 11.3 Å². The SMILES string of the molecule is Cc1nc(N)nc(-c2ccccc2C(F)(F)F)c1[N+](=O)[O-].